The zero-order valence-corrected chi connectivity index (χ0v) is 11.1. The van der Waals surface area contributed by atoms with Crippen molar-refractivity contribution in [2.45, 2.75) is 38.6 Å². The van der Waals surface area contributed by atoms with Gasteiger partial charge in [0.1, 0.15) is 5.54 Å². The van der Waals surface area contributed by atoms with Crippen LogP contribution in [0.1, 0.15) is 33.1 Å². The van der Waals surface area contributed by atoms with Gasteiger partial charge in [-0.2, -0.15) is 0 Å². The van der Waals surface area contributed by atoms with Crippen molar-refractivity contribution in [3.63, 3.8) is 0 Å². The van der Waals surface area contributed by atoms with E-state index in [1.807, 2.05) is 0 Å². The SMILES string of the molecule is CC(=O)N(C)CC(=O)N1CCCCC1(C)C(=O)O. The van der Waals surface area contributed by atoms with E-state index in [2.05, 4.69) is 0 Å². The predicted molar refractivity (Wildman–Crippen MR) is 64.9 cm³/mol. The van der Waals surface area contributed by atoms with E-state index in [0.29, 0.717) is 13.0 Å². The van der Waals surface area contributed by atoms with E-state index in [4.69, 9.17) is 0 Å². The fourth-order valence-electron chi connectivity index (χ4n) is 2.14. The van der Waals surface area contributed by atoms with Crippen LogP contribution in [0.4, 0.5) is 0 Å². The van der Waals surface area contributed by atoms with Crippen molar-refractivity contribution >= 4 is 17.8 Å². The second kappa shape index (κ2) is 5.37. The molecule has 0 radical (unpaired) electrons. The molecule has 1 aliphatic rings. The molecule has 1 aliphatic heterocycles. The van der Waals surface area contributed by atoms with Crippen molar-refractivity contribution in [2.24, 2.45) is 0 Å². The van der Waals surface area contributed by atoms with Crippen LogP contribution in [0.15, 0.2) is 0 Å². The quantitative estimate of drug-likeness (QED) is 0.789. The average molecular weight is 256 g/mol. The Kier molecular flexibility index (Phi) is 4.32. The van der Waals surface area contributed by atoms with E-state index in [9.17, 15) is 19.5 Å². The summed E-state index contributed by atoms with van der Waals surface area (Å²) < 4.78 is 0. The van der Waals surface area contributed by atoms with Crippen LogP contribution >= 0.6 is 0 Å². The highest BCUT2D eigenvalue weighted by Gasteiger charge is 2.43. The standard InChI is InChI=1S/C12H20N2O4/c1-9(15)13(3)8-10(16)14-7-5-4-6-12(14,2)11(17)18/h4-8H2,1-3H3,(H,17,18). The van der Waals surface area contributed by atoms with E-state index in [-0.39, 0.29) is 18.4 Å². The Morgan fingerprint density at radius 3 is 2.44 bits per heavy atom. The number of piperidine rings is 1. The van der Waals surface area contributed by atoms with E-state index in [0.717, 1.165) is 12.8 Å². The Bertz CT molecular complexity index is 369. The van der Waals surface area contributed by atoms with Crippen molar-refractivity contribution < 1.29 is 19.5 Å². The molecule has 102 valence electrons. The lowest BCUT2D eigenvalue weighted by Crippen LogP contribution is -2.59. The molecule has 1 rings (SSSR count). The molecule has 0 aromatic carbocycles. The van der Waals surface area contributed by atoms with Crippen molar-refractivity contribution in [1.29, 1.82) is 0 Å². The molecular weight excluding hydrogens is 236 g/mol. The summed E-state index contributed by atoms with van der Waals surface area (Å²) in [6.45, 7) is 3.31. The van der Waals surface area contributed by atoms with Crippen LogP contribution in [0.3, 0.4) is 0 Å². The van der Waals surface area contributed by atoms with Gasteiger partial charge in [-0.1, -0.05) is 0 Å². The zero-order chi connectivity index (χ0) is 13.9. The van der Waals surface area contributed by atoms with Gasteiger partial charge in [0, 0.05) is 20.5 Å². The molecule has 0 saturated carbocycles. The second-order valence-corrected chi connectivity index (χ2v) is 4.96. The molecule has 1 heterocycles. The number of amides is 2. The summed E-state index contributed by atoms with van der Waals surface area (Å²) in [5.74, 6) is -1.50. The number of carboxylic acid groups (broad SMARTS) is 1. The normalized spacial score (nSPS) is 23.6. The van der Waals surface area contributed by atoms with Crippen LogP contribution in [0, 0.1) is 0 Å². The fraction of sp³-hybridized carbons (Fsp3) is 0.750. The Hall–Kier alpha value is -1.59. The highest BCUT2D eigenvalue weighted by molar-refractivity contribution is 5.89. The summed E-state index contributed by atoms with van der Waals surface area (Å²) in [4.78, 5) is 37.2. The number of carbonyl (C=O) groups is 3. The van der Waals surface area contributed by atoms with Gasteiger partial charge in [0.2, 0.25) is 11.8 Å². The van der Waals surface area contributed by atoms with E-state index < -0.39 is 11.5 Å². The first-order chi connectivity index (χ1) is 8.29. The van der Waals surface area contributed by atoms with Gasteiger partial charge in [-0.05, 0) is 26.2 Å². The number of aliphatic carboxylic acids is 1. The van der Waals surface area contributed by atoms with E-state index in [1.54, 1.807) is 6.92 Å². The molecule has 18 heavy (non-hydrogen) atoms. The van der Waals surface area contributed by atoms with Crippen molar-refractivity contribution in [2.75, 3.05) is 20.1 Å². The lowest BCUT2D eigenvalue weighted by atomic mass is 9.88. The van der Waals surface area contributed by atoms with Gasteiger partial charge in [-0.15, -0.1) is 0 Å². The lowest BCUT2D eigenvalue weighted by molar-refractivity contribution is -0.161. The minimum atomic E-state index is -1.15. The maximum atomic E-state index is 12.1. The number of carboxylic acids is 1. The van der Waals surface area contributed by atoms with Crippen LogP contribution in [0.5, 0.6) is 0 Å². The Labute approximate surface area is 107 Å². The Morgan fingerprint density at radius 1 is 1.33 bits per heavy atom. The molecule has 6 nitrogen and oxygen atoms in total. The number of hydrogen-bond donors (Lipinski definition) is 1. The number of rotatable bonds is 3. The number of hydrogen-bond acceptors (Lipinski definition) is 3. The fourth-order valence-corrected chi connectivity index (χ4v) is 2.14. The highest BCUT2D eigenvalue weighted by atomic mass is 16.4. The number of carbonyl (C=O) groups excluding carboxylic acids is 2. The molecule has 0 aromatic heterocycles. The van der Waals surface area contributed by atoms with Crippen LogP contribution in [0.2, 0.25) is 0 Å². The molecule has 0 spiro atoms. The van der Waals surface area contributed by atoms with Gasteiger partial charge in [0.15, 0.2) is 0 Å². The molecule has 2 amide bonds. The first kappa shape index (κ1) is 14.5. The van der Waals surface area contributed by atoms with Crippen LogP contribution < -0.4 is 0 Å². The molecule has 1 unspecified atom stereocenters. The van der Waals surface area contributed by atoms with Crippen molar-refractivity contribution in [3.8, 4) is 0 Å². The van der Waals surface area contributed by atoms with Gasteiger partial charge in [-0.3, -0.25) is 9.59 Å². The molecule has 1 N–H and O–H groups in total. The minimum absolute atomic E-state index is 0.0712. The van der Waals surface area contributed by atoms with Crippen LogP contribution in [-0.2, 0) is 14.4 Å². The van der Waals surface area contributed by atoms with Crippen molar-refractivity contribution in [1.82, 2.24) is 9.80 Å². The average Bonchev–Trinajstić information content (AvgIpc) is 2.28. The molecule has 1 saturated heterocycles. The molecule has 6 heteroatoms. The third-order valence-electron chi connectivity index (χ3n) is 3.56. The van der Waals surface area contributed by atoms with Crippen LogP contribution in [0.25, 0.3) is 0 Å². The summed E-state index contributed by atoms with van der Waals surface area (Å²) in [6.07, 6.45) is 2.06. The lowest BCUT2D eigenvalue weighted by Gasteiger charge is -2.42. The number of likely N-dealkylation sites (N-methyl/N-ethyl adjacent to an activating group) is 1. The maximum absolute atomic E-state index is 12.1. The maximum Gasteiger partial charge on any atom is 0.329 e. The molecular formula is C12H20N2O4. The Balaban J connectivity index is 2.81. The molecule has 0 bridgehead atoms. The summed E-state index contributed by atoms with van der Waals surface area (Å²) >= 11 is 0. The van der Waals surface area contributed by atoms with Crippen molar-refractivity contribution in [3.05, 3.63) is 0 Å². The van der Waals surface area contributed by atoms with Gasteiger partial charge < -0.3 is 14.9 Å². The topological polar surface area (TPSA) is 77.9 Å². The monoisotopic (exact) mass is 256 g/mol. The largest absolute Gasteiger partial charge is 0.480 e. The minimum Gasteiger partial charge on any atom is -0.480 e. The summed E-state index contributed by atoms with van der Waals surface area (Å²) in [7, 11) is 1.53. The van der Waals surface area contributed by atoms with Gasteiger partial charge >= 0.3 is 5.97 Å². The smallest absolute Gasteiger partial charge is 0.329 e. The van der Waals surface area contributed by atoms with Gasteiger partial charge in [0.25, 0.3) is 0 Å². The molecule has 1 atom stereocenters. The second-order valence-electron chi connectivity index (χ2n) is 4.96. The Morgan fingerprint density at radius 2 is 1.94 bits per heavy atom. The molecule has 1 fully saturated rings. The molecule has 0 aliphatic carbocycles. The number of likely N-dealkylation sites (tertiary alicyclic amines) is 1. The molecule has 0 aromatic rings. The first-order valence-electron chi connectivity index (χ1n) is 6.04. The first-order valence-corrected chi connectivity index (χ1v) is 6.04. The zero-order valence-electron chi connectivity index (χ0n) is 11.1. The third-order valence-corrected chi connectivity index (χ3v) is 3.56. The summed E-state index contributed by atoms with van der Waals surface area (Å²) in [5, 5.41) is 9.29. The van der Waals surface area contributed by atoms with Crippen LogP contribution in [-0.4, -0.2) is 58.4 Å². The van der Waals surface area contributed by atoms with Gasteiger partial charge in [0.05, 0.1) is 6.54 Å². The summed E-state index contributed by atoms with van der Waals surface area (Å²) in [6, 6.07) is 0. The highest BCUT2D eigenvalue weighted by Crippen LogP contribution is 2.28. The summed E-state index contributed by atoms with van der Waals surface area (Å²) in [5.41, 5.74) is -1.15. The van der Waals surface area contributed by atoms with E-state index in [1.165, 1.54) is 23.8 Å². The van der Waals surface area contributed by atoms with E-state index >= 15 is 0 Å². The third kappa shape index (κ3) is 2.80. The van der Waals surface area contributed by atoms with Gasteiger partial charge in [-0.25, -0.2) is 4.79 Å². The number of nitrogens with zero attached hydrogens (tertiary/aromatic N) is 2. The predicted octanol–water partition coefficient (Wildman–Crippen LogP) is 0.321.